The molecule has 29 heavy (non-hydrogen) atoms. The Kier molecular flexibility index (Phi) is 5.47. The van der Waals surface area contributed by atoms with Crippen molar-refractivity contribution in [3.05, 3.63) is 117 Å². The first kappa shape index (κ1) is 19.4. The predicted molar refractivity (Wildman–Crippen MR) is 125 cm³/mol. The molecule has 2 aromatic carbocycles. The molecule has 5 heteroatoms. The number of nitrogens with zero attached hydrogens (tertiary/aromatic N) is 2. The molecule has 4 rings (SSSR count). The fraction of sp³-hybridized carbons (Fsp3) is 0. The SMILES string of the molecule is C=CC(=Cc1cccc(Cl)c1)c1cc2cc(Br)ccc2c(=O)n1-c1ccccn1. The molecule has 0 saturated heterocycles. The standard InChI is InChI=1S/C24H16BrClN2O/c1-2-17(12-16-6-5-7-20(26)13-16)22-15-18-14-19(25)9-10-21(18)24(29)28(22)23-8-3-4-11-27-23/h2-15H,1H2. The zero-order valence-electron chi connectivity index (χ0n) is 15.3. The van der Waals surface area contributed by atoms with Gasteiger partial charge in [0.1, 0.15) is 5.82 Å². The summed E-state index contributed by atoms with van der Waals surface area (Å²) >= 11 is 9.63. The maximum atomic E-state index is 13.4. The Morgan fingerprint density at radius 1 is 1.07 bits per heavy atom. The van der Waals surface area contributed by atoms with Crippen molar-refractivity contribution in [2.75, 3.05) is 0 Å². The van der Waals surface area contributed by atoms with Crippen LogP contribution in [-0.4, -0.2) is 9.55 Å². The molecule has 3 nitrogen and oxygen atoms in total. The fourth-order valence-corrected chi connectivity index (χ4v) is 3.81. The van der Waals surface area contributed by atoms with Crippen LogP contribution in [-0.2, 0) is 0 Å². The number of hydrogen-bond acceptors (Lipinski definition) is 2. The minimum absolute atomic E-state index is 0.137. The van der Waals surface area contributed by atoms with Gasteiger partial charge in [0.25, 0.3) is 5.56 Å². The van der Waals surface area contributed by atoms with Gasteiger partial charge in [-0.05, 0) is 71.1 Å². The van der Waals surface area contributed by atoms with Crippen LogP contribution in [0.25, 0.3) is 28.2 Å². The summed E-state index contributed by atoms with van der Waals surface area (Å²) in [5.74, 6) is 0.552. The van der Waals surface area contributed by atoms with E-state index in [4.69, 9.17) is 11.6 Å². The molecular formula is C24H16BrClN2O. The van der Waals surface area contributed by atoms with Gasteiger partial charge in [-0.25, -0.2) is 4.98 Å². The Hall–Kier alpha value is -2.95. The van der Waals surface area contributed by atoms with E-state index in [1.807, 2.05) is 72.8 Å². The lowest BCUT2D eigenvalue weighted by Crippen LogP contribution is -2.22. The van der Waals surface area contributed by atoms with Crippen LogP contribution < -0.4 is 5.56 Å². The maximum Gasteiger partial charge on any atom is 0.264 e. The largest absolute Gasteiger partial charge is 0.268 e. The van der Waals surface area contributed by atoms with Crippen molar-refractivity contribution in [2.24, 2.45) is 0 Å². The second-order valence-corrected chi connectivity index (χ2v) is 7.80. The average Bonchev–Trinajstić information content (AvgIpc) is 2.72. The van der Waals surface area contributed by atoms with Crippen LogP contribution in [0.5, 0.6) is 0 Å². The predicted octanol–water partition coefficient (Wildman–Crippen LogP) is 6.53. The number of rotatable bonds is 4. The van der Waals surface area contributed by atoms with Crippen molar-refractivity contribution in [1.82, 2.24) is 9.55 Å². The van der Waals surface area contributed by atoms with Crippen LogP contribution in [0.4, 0.5) is 0 Å². The number of aromatic nitrogens is 2. The zero-order chi connectivity index (χ0) is 20.4. The molecule has 0 fully saturated rings. The Morgan fingerprint density at radius 3 is 2.66 bits per heavy atom. The van der Waals surface area contributed by atoms with Crippen LogP contribution in [0.3, 0.4) is 0 Å². The molecule has 0 aliphatic rings. The third-order valence-electron chi connectivity index (χ3n) is 4.55. The van der Waals surface area contributed by atoms with E-state index in [-0.39, 0.29) is 5.56 Å². The van der Waals surface area contributed by atoms with E-state index < -0.39 is 0 Å². The van der Waals surface area contributed by atoms with Gasteiger partial charge >= 0.3 is 0 Å². The lowest BCUT2D eigenvalue weighted by Gasteiger charge is -2.15. The second kappa shape index (κ2) is 8.19. The summed E-state index contributed by atoms with van der Waals surface area (Å²) in [6.45, 7) is 3.97. The van der Waals surface area contributed by atoms with Crippen molar-refractivity contribution >= 4 is 50.0 Å². The van der Waals surface area contributed by atoms with Gasteiger partial charge in [-0.15, -0.1) is 0 Å². The topological polar surface area (TPSA) is 34.9 Å². The quantitative estimate of drug-likeness (QED) is 0.323. The van der Waals surface area contributed by atoms with Crippen molar-refractivity contribution < 1.29 is 0 Å². The van der Waals surface area contributed by atoms with Gasteiger partial charge < -0.3 is 0 Å². The molecule has 2 heterocycles. The van der Waals surface area contributed by atoms with Crippen molar-refractivity contribution in [1.29, 1.82) is 0 Å². The van der Waals surface area contributed by atoms with Gasteiger partial charge in [0, 0.05) is 21.1 Å². The van der Waals surface area contributed by atoms with Crippen LogP contribution >= 0.6 is 27.5 Å². The highest BCUT2D eigenvalue weighted by Crippen LogP contribution is 2.26. The molecule has 0 aliphatic carbocycles. The molecule has 4 aromatic rings. The van der Waals surface area contributed by atoms with Crippen LogP contribution in [0.15, 0.2) is 94.8 Å². The lowest BCUT2D eigenvalue weighted by molar-refractivity contribution is 0.938. The number of fused-ring (bicyclic) bond motifs is 1. The number of hydrogen-bond donors (Lipinski definition) is 0. The van der Waals surface area contributed by atoms with Gasteiger partial charge in [-0.3, -0.25) is 9.36 Å². The van der Waals surface area contributed by atoms with Gasteiger partial charge in [-0.1, -0.05) is 58.4 Å². The van der Waals surface area contributed by atoms with Gasteiger partial charge in [0.05, 0.1) is 5.69 Å². The Labute approximate surface area is 181 Å². The van der Waals surface area contributed by atoms with E-state index in [0.717, 1.165) is 21.0 Å². The smallest absolute Gasteiger partial charge is 0.264 e. The molecule has 0 radical (unpaired) electrons. The first-order chi connectivity index (χ1) is 14.1. The zero-order valence-corrected chi connectivity index (χ0v) is 17.7. The van der Waals surface area contributed by atoms with E-state index in [0.29, 0.717) is 21.9 Å². The Morgan fingerprint density at radius 2 is 1.93 bits per heavy atom. The van der Waals surface area contributed by atoms with Gasteiger partial charge in [0.2, 0.25) is 0 Å². The van der Waals surface area contributed by atoms with Crippen LogP contribution in [0.1, 0.15) is 11.3 Å². The third kappa shape index (κ3) is 3.95. The summed E-state index contributed by atoms with van der Waals surface area (Å²) in [5, 5.41) is 2.10. The summed E-state index contributed by atoms with van der Waals surface area (Å²) in [6, 6.07) is 20.6. The van der Waals surface area contributed by atoms with E-state index in [2.05, 4.69) is 27.5 Å². The molecule has 2 aromatic heterocycles. The van der Waals surface area contributed by atoms with Crippen LogP contribution in [0.2, 0.25) is 5.02 Å². The summed E-state index contributed by atoms with van der Waals surface area (Å²) in [6.07, 6.45) is 5.36. The highest BCUT2D eigenvalue weighted by Gasteiger charge is 2.14. The first-order valence-electron chi connectivity index (χ1n) is 8.93. The maximum absolute atomic E-state index is 13.4. The van der Waals surface area contributed by atoms with E-state index in [1.54, 1.807) is 16.8 Å². The van der Waals surface area contributed by atoms with Gasteiger partial charge in [0.15, 0.2) is 0 Å². The van der Waals surface area contributed by atoms with Crippen LogP contribution in [0, 0.1) is 0 Å². The number of allylic oxidation sites excluding steroid dienone is 2. The summed E-state index contributed by atoms with van der Waals surface area (Å²) in [7, 11) is 0. The minimum atomic E-state index is -0.137. The fourth-order valence-electron chi connectivity index (χ4n) is 3.23. The first-order valence-corrected chi connectivity index (χ1v) is 10.1. The molecule has 0 saturated carbocycles. The van der Waals surface area contributed by atoms with E-state index >= 15 is 0 Å². The van der Waals surface area contributed by atoms with Crippen molar-refractivity contribution in [2.45, 2.75) is 0 Å². The Bertz CT molecular complexity index is 1310. The summed E-state index contributed by atoms with van der Waals surface area (Å²) < 4.78 is 2.53. The molecule has 0 amide bonds. The summed E-state index contributed by atoms with van der Waals surface area (Å²) in [4.78, 5) is 17.8. The van der Waals surface area contributed by atoms with E-state index in [9.17, 15) is 4.79 Å². The van der Waals surface area contributed by atoms with Gasteiger partial charge in [-0.2, -0.15) is 0 Å². The number of pyridine rings is 2. The highest BCUT2D eigenvalue weighted by atomic mass is 79.9. The minimum Gasteiger partial charge on any atom is -0.268 e. The van der Waals surface area contributed by atoms with Crippen molar-refractivity contribution in [3.63, 3.8) is 0 Å². The highest BCUT2D eigenvalue weighted by molar-refractivity contribution is 9.10. The average molecular weight is 464 g/mol. The summed E-state index contributed by atoms with van der Waals surface area (Å²) in [5.41, 5.74) is 2.27. The molecule has 0 N–H and O–H groups in total. The number of halogens is 2. The Balaban J connectivity index is 2.06. The normalized spacial score (nSPS) is 11.6. The second-order valence-electron chi connectivity index (χ2n) is 6.45. The molecule has 142 valence electrons. The molecule has 0 aliphatic heterocycles. The molecule has 0 atom stereocenters. The monoisotopic (exact) mass is 462 g/mol. The van der Waals surface area contributed by atoms with Crippen molar-refractivity contribution in [3.8, 4) is 5.82 Å². The molecule has 0 bridgehead atoms. The molecular weight excluding hydrogens is 448 g/mol. The lowest BCUT2D eigenvalue weighted by atomic mass is 10.0. The van der Waals surface area contributed by atoms with E-state index in [1.165, 1.54) is 0 Å². The molecule has 0 spiro atoms. The molecule has 0 unspecified atom stereocenters. The third-order valence-corrected chi connectivity index (χ3v) is 5.27. The number of benzene rings is 2.